The molecule has 2 aromatic carbocycles. The van der Waals surface area contributed by atoms with Gasteiger partial charge >= 0.3 is 0 Å². The first kappa shape index (κ1) is 12.2. The standard InChI is InChI=1S/C15H13N3O2/c1-10-15(13-4-2-3-5-14(13)16-10)17-11-6-8-12(9-7-11)18(19)20/h2-9,16-17H,1H3. The Morgan fingerprint density at radius 3 is 2.50 bits per heavy atom. The monoisotopic (exact) mass is 267 g/mol. The molecule has 0 unspecified atom stereocenters. The van der Waals surface area contributed by atoms with Gasteiger partial charge in [-0.15, -0.1) is 0 Å². The first-order valence-electron chi connectivity index (χ1n) is 6.24. The number of para-hydroxylation sites is 1. The number of nitrogens with one attached hydrogen (secondary N) is 2. The van der Waals surface area contributed by atoms with Gasteiger partial charge in [0.15, 0.2) is 0 Å². The Hall–Kier alpha value is -2.82. The van der Waals surface area contributed by atoms with Gasteiger partial charge in [0, 0.05) is 34.4 Å². The number of anilines is 2. The number of nitrogens with zero attached hydrogens (tertiary/aromatic N) is 1. The smallest absolute Gasteiger partial charge is 0.269 e. The summed E-state index contributed by atoms with van der Waals surface area (Å²) in [6, 6.07) is 14.4. The van der Waals surface area contributed by atoms with Crippen LogP contribution in [0.25, 0.3) is 10.9 Å². The summed E-state index contributed by atoms with van der Waals surface area (Å²) in [4.78, 5) is 13.5. The van der Waals surface area contributed by atoms with Crippen LogP contribution in [0.5, 0.6) is 0 Å². The maximum atomic E-state index is 10.6. The fraction of sp³-hybridized carbons (Fsp3) is 0.0667. The summed E-state index contributed by atoms with van der Waals surface area (Å²) in [5.41, 5.74) is 4.00. The minimum atomic E-state index is -0.402. The number of H-pyrrole nitrogens is 1. The fourth-order valence-electron chi connectivity index (χ4n) is 2.25. The van der Waals surface area contributed by atoms with E-state index in [1.807, 2.05) is 31.2 Å². The van der Waals surface area contributed by atoms with E-state index in [0.717, 1.165) is 28.0 Å². The minimum absolute atomic E-state index is 0.0891. The highest BCUT2D eigenvalue weighted by molar-refractivity contribution is 5.96. The molecule has 3 aromatic rings. The molecule has 5 heteroatoms. The number of aryl methyl sites for hydroxylation is 1. The topological polar surface area (TPSA) is 71.0 Å². The van der Waals surface area contributed by atoms with Crippen molar-refractivity contribution in [3.63, 3.8) is 0 Å². The lowest BCUT2D eigenvalue weighted by Gasteiger charge is -2.06. The van der Waals surface area contributed by atoms with Crippen LogP contribution < -0.4 is 5.32 Å². The van der Waals surface area contributed by atoms with Crippen LogP contribution in [-0.2, 0) is 0 Å². The number of non-ortho nitro benzene ring substituents is 1. The van der Waals surface area contributed by atoms with E-state index in [1.165, 1.54) is 12.1 Å². The van der Waals surface area contributed by atoms with Crippen molar-refractivity contribution in [2.24, 2.45) is 0 Å². The molecule has 2 N–H and O–H groups in total. The SMILES string of the molecule is Cc1[nH]c2ccccc2c1Nc1ccc([N+](=O)[O-])cc1. The van der Waals surface area contributed by atoms with E-state index in [1.54, 1.807) is 12.1 Å². The van der Waals surface area contributed by atoms with Crippen LogP contribution in [0.4, 0.5) is 17.1 Å². The summed E-state index contributed by atoms with van der Waals surface area (Å²) >= 11 is 0. The van der Waals surface area contributed by atoms with Gasteiger partial charge in [-0.3, -0.25) is 10.1 Å². The summed E-state index contributed by atoms with van der Waals surface area (Å²) in [5, 5.41) is 15.0. The van der Waals surface area contributed by atoms with Gasteiger partial charge in [-0.2, -0.15) is 0 Å². The van der Waals surface area contributed by atoms with Crippen LogP contribution in [0, 0.1) is 17.0 Å². The number of nitro groups is 1. The van der Waals surface area contributed by atoms with Gasteiger partial charge in [-0.05, 0) is 25.1 Å². The van der Waals surface area contributed by atoms with Gasteiger partial charge < -0.3 is 10.3 Å². The van der Waals surface area contributed by atoms with Gasteiger partial charge in [0.1, 0.15) is 0 Å². The van der Waals surface area contributed by atoms with Crippen LogP contribution in [0.3, 0.4) is 0 Å². The molecule has 0 amide bonds. The molecule has 1 aromatic heterocycles. The predicted molar refractivity (Wildman–Crippen MR) is 79.4 cm³/mol. The average molecular weight is 267 g/mol. The number of benzene rings is 2. The lowest BCUT2D eigenvalue weighted by Crippen LogP contribution is -1.92. The summed E-state index contributed by atoms with van der Waals surface area (Å²) < 4.78 is 0. The quantitative estimate of drug-likeness (QED) is 0.553. The maximum Gasteiger partial charge on any atom is 0.269 e. The van der Waals surface area contributed by atoms with Crippen LogP contribution in [0.15, 0.2) is 48.5 Å². The second-order valence-electron chi connectivity index (χ2n) is 4.60. The second-order valence-corrected chi connectivity index (χ2v) is 4.60. The molecule has 20 heavy (non-hydrogen) atoms. The normalized spacial score (nSPS) is 10.7. The van der Waals surface area contributed by atoms with E-state index in [9.17, 15) is 10.1 Å². The number of fused-ring (bicyclic) bond motifs is 1. The third-order valence-corrected chi connectivity index (χ3v) is 3.24. The molecule has 3 rings (SSSR count). The van der Waals surface area contributed by atoms with Crippen molar-refractivity contribution in [2.45, 2.75) is 6.92 Å². The molecular weight excluding hydrogens is 254 g/mol. The molecule has 0 spiro atoms. The van der Waals surface area contributed by atoms with E-state index in [4.69, 9.17) is 0 Å². The molecule has 1 heterocycles. The molecule has 0 aliphatic rings. The Morgan fingerprint density at radius 1 is 1.10 bits per heavy atom. The number of aromatic amines is 1. The van der Waals surface area contributed by atoms with Crippen molar-refractivity contribution in [1.29, 1.82) is 0 Å². The van der Waals surface area contributed by atoms with Crippen LogP contribution in [0.2, 0.25) is 0 Å². The predicted octanol–water partition coefficient (Wildman–Crippen LogP) is 4.13. The third kappa shape index (κ3) is 2.09. The zero-order chi connectivity index (χ0) is 14.1. The van der Waals surface area contributed by atoms with E-state index >= 15 is 0 Å². The Kier molecular flexibility index (Phi) is 2.87. The summed E-state index contributed by atoms with van der Waals surface area (Å²) in [5.74, 6) is 0. The maximum absolute atomic E-state index is 10.6. The second kappa shape index (κ2) is 4.70. The molecule has 5 nitrogen and oxygen atoms in total. The molecule has 0 aliphatic carbocycles. The number of aromatic nitrogens is 1. The number of rotatable bonds is 3. The summed E-state index contributed by atoms with van der Waals surface area (Å²) in [7, 11) is 0. The van der Waals surface area contributed by atoms with Crippen molar-refractivity contribution in [3.05, 3.63) is 64.3 Å². The van der Waals surface area contributed by atoms with E-state index in [0.29, 0.717) is 0 Å². The summed E-state index contributed by atoms with van der Waals surface area (Å²) in [6.45, 7) is 1.99. The van der Waals surface area contributed by atoms with Crippen molar-refractivity contribution in [3.8, 4) is 0 Å². The molecule has 0 radical (unpaired) electrons. The first-order valence-corrected chi connectivity index (χ1v) is 6.24. The summed E-state index contributed by atoms with van der Waals surface area (Å²) in [6.07, 6.45) is 0. The van der Waals surface area contributed by atoms with Crippen LogP contribution in [0.1, 0.15) is 5.69 Å². The fourth-order valence-corrected chi connectivity index (χ4v) is 2.25. The lowest BCUT2D eigenvalue weighted by molar-refractivity contribution is -0.384. The van der Waals surface area contributed by atoms with E-state index < -0.39 is 4.92 Å². The van der Waals surface area contributed by atoms with Crippen molar-refractivity contribution < 1.29 is 4.92 Å². The van der Waals surface area contributed by atoms with Gasteiger partial charge in [-0.25, -0.2) is 0 Å². The molecule has 0 saturated heterocycles. The van der Waals surface area contributed by atoms with Gasteiger partial charge in [0.2, 0.25) is 0 Å². The largest absolute Gasteiger partial charge is 0.357 e. The highest BCUT2D eigenvalue weighted by atomic mass is 16.6. The highest BCUT2D eigenvalue weighted by Gasteiger charge is 2.09. The zero-order valence-electron chi connectivity index (χ0n) is 10.9. The number of nitro benzene ring substituents is 1. The molecule has 0 aliphatic heterocycles. The highest BCUT2D eigenvalue weighted by Crippen LogP contribution is 2.30. The Balaban J connectivity index is 1.96. The molecular formula is C15H13N3O2. The Labute approximate surface area is 115 Å². The molecule has 100 valence electrons. The van der Waals surface area contributed by atoms with E-state index in [-0.39, 0.29) is 5.69 Å². The number of hydrogen-bond donors (Lipinski definition) is 2. The van der Waals surface area contributed by atoms with Crippen molar-refractivity contribution >= 4 is 28.0 Å². The van der Waals surface area contributed by atoms with E-state index in [2.05, 4.69) is 10.3 Å². The van der Waals surface area contributed by atoms with Gasteiger partial charge in [-0.1, -0.05) is 18.2 Å². The third-order valence-electron chi connectivity index (χ3n) is 3.24. The van der Waals surface area contributed by atoms with Gasteiger partial charge in [0.25, 0.3) is 5.69 Å². The zero-order valence-corrected chi connectivity index (χ0v) is 10.9. The Morgan fingerprint density at radius 2 is 1.80 bits per heavy atom. The Bertz CT molecular complexity index is 775. The molecule has 0 saturated carbocycles. The average Bonchev–Trinajstić information content (AvgIpc) is 2.76. The van der Waals surface area contributed by atoms with Crippen molar-refractivity contribution in [2.75, 3.05) is 5.32 Å². The van der Waals surface area contributed by atoms with Crippen LogP contribution >= 0.6 is 0 Å². The minimum Gasteiger partial charge on any atom is -0.357 e. The lowest BCUT2D eigenvalue weighted by atomic mass is 10.2. The molecule has 0 atom stereocenters. The van der Waals surface area contributed by atoms with Crippen molar-refractivity contribution in [1.82, 2.24) is 4.98 Å². The van der Waals surface area contributed by atoms with Crippen LogP contribution in [-0.4, -0.2) is 9.91 Å². The molecule has 0 fully saturated rings. The first-order chi connectivity index (χ1) is 9.65. The van der Waals surface area contributed by atoms with Gasteiger partial charge in [0.05, 0.1) is 10.6 Å². The number of hydrogen-bond acceptors (Lipinski definition) is 3. The molecule has 0 bridgehead atoms.